The molecule has 5 rings (SSSR count). The lowest BCUT2D eigenvalue weighted by Crippen LogP contribution is -2.45. The molecule has 138 valence electrons. The predicted octanol–water partition coefficient (Wildman–Crippen LogP) is 2.11. The van der Waals surface area contributed by atoms with Crippen molar-refractivity contribution in [2.24, 2.45) is 23.7 Å². The maximum Gasteiger partial charge on any atom is 0.243 e. The predicted molar refractivity (Wildman–Crippen MR) is 100 cm³/mol. The number of allylic oxidation sites excluding steroid dienone is 2. The Labute approximate surface area is 158 Å². The lowest BCUT2D eigenvalue weighted by atomic mass is 9.85. The van der Waals surface area contributed by atoms with E-state index in [4.69, 9.17) is 0 Å². The molecule has 1 aromatic carbocycles. The average Bonchev–Trinajstić information content (AvgIpc) is 3.39. The van der Waals surface area contributed by atoms with Crippen molar-refractivity contribution in [1.82, 2.24) is 9.80 Å². The highest BCUT2D eigenvalue weighted by Crippen LogP contribution is 2.52. The van der Waals surface area contributed by atoms with Crippen LogP contribution in [0.25, 0.3) is 5.57 Å². The summed E-state index contributed by atoms with van der Waals surface area (Å²) >= 11 is 0. The Morgan fingerprint density at radius 1 is 1.00 bits per heavy atom. The van der Waals surface area contributed by atoms with Gasteiger partial charge in [-0.05, 0) is 35.8 Å². The van der Waals surface area contributed by atoms with Crippen molar-refractivity contribution in [2.75, 3.05) is 19.6 Å². The first-order chi connectivity index (χ1) is 13.1. The van der Waals surface area contributed by atoms with E-state index in [1.807, 2.05) is 18.2 Å². The third kappa shape index (κ3) is 2.56. The van der Waals surface area contributed by atoms with Gasteiger partial charge in [0.1, 0.15) is 6.54 Å². The van der Waals surface area contributed by atoms with Gasteiger partial charge in [0.2, 0.25) is 17.7 Å². The zero-order chi connectivity index (χ0) is 18.5. The summed E-state index contributed by atoms with van der Waals surface area (Å²) in [5.74, 6) is -0.524. The zero-order valence-corrected chi connectivity index (χ0v) is 15.1. The van der Waals surface area contributed by atoms with E-state index < -0.39 is 0 Å². The molecule has 1 saturated heterocycles. The van der Waals surface area contributed by atoms with Crippen LogP contribution in [0.15, 0.2) is 48.6 Å². The molecule has 3 amide bonds. The molecule has 4 aliphatic rings. The van der Waals surface area contributed by atoms with E-state index in [1.165, 1.54) is 16.0 Å². The van der Waals surface area contributed by atoms with Crippen LogP contribution in [0.5, 0.6) is 0 Å². The molecule has 2 aliphatic heterocycles. The van der Waals surface area contributed by atoms with Gasteiger partial charge in [-0.3, -0.25) is 19.3 Å². The molecular weight excluding hydrogens is 340 g/mol. The molecule has 2 fully saturated rings. The quantitative estimate of drug-likeness (QED) is 0.611. The molecule has 2 bridgehead atoms. The Bertz CT molecular complexity index is 843. The smallest absolute Gasteiger partial charge is 0.243 e. The van der Waals surface area contributed by atoms with E-state index in [-0.39, 0.29) is 47.9 Å². The molecule has 2 aliphatic carbocycles. The molecule has 1 aromatic rings. The highest BCUT2D eigenvalue weighted by atomic mass is 16.2. The summed E-state index contributed by atoms with van der Waals surface area (Å²) in [6.45, 7) is 1.03. The zero-order valence-electron chi connectivity index (χ0n) is 15.1. The molecule has 0 radical (unpaired) electrons. The number of hydrogen-bond acceptors (Lipinski definition) is 3. The standard InChI is InChI=1S/C22H22N2O3/c25-18(23-10-8-15(9-11-23)14-4-2-1-3-5-14)13-24-21(26)19-16-6-7-17(12-16)20(19)22(24)27/h1-8,16-17,19-20H,9-13H2/t16-,17-,19-,20+/m0/s1. The number of carbonyl (C=O) groups is 3. The van der Waals surface area contributed by atoms with Gasteiger partial charge in [-0.15, -0.1) is 0 Å². The minimum Gasteiger partial charge on any atom is -0.337 e. The summed E-state index contributed by atoms with van der Waals surface area (Å²) in [5.41, 5.74) is 2.43. The van der Waals surface area contributed by atoms with Crippen molar-refractivity contribution >= 4 is 23.3 Å². The molecule has 5 nitrogen and oxygen atoms in total. The van der Waals surface area contributed by atoms with Crippen LogP contribution in [0.3, 0.4) is 0 Å². The van der Waals surface area contributed by atoms with E-state index in [1.54, 1.807) is 4.90 Å². The van der Waals surface area contributed by atoms with Crippen LogP contribution in [0.2, 0.25) is 0 Å². The van der Waals surface area contributed by atoms with Gasteiger partial charge in [-0.25, -0.2) is 0 Å². The molecule has 0 aromatic heterocycles. The van der Waals surface area contributed by atoms with E-state index in [0.717, 1.165) is 12.8 Å². The largest absolute Gasteiger partial charge is 0.337 e. The normalized spacial score (nSPS) is 31.5. The number of imide groups is 1. The van der Waals surface area contributed by atoms with Gasteiger partial charge in [0.05, 0.1) is 11.8 Å². The molecule has 2 heterocycles. The maximum atomic E-state index is 12.7. The van der Waals surface area contributed by atoms with E-state index in [0.29, 0.717) is 13.1 Å². The molecule has 1 saturated carbocycles. The van der Waals surface area contributed by atoms with Gasteiger partial charge < -0.3 is 4.90 Å². The molecule has 0 spiro atoms. The van der Waals surface area contributed by atoms with Crippen LogP contribution < -0.4 is 0 Å². The molecular formula is C22H22N2O3. The minimum absolute atomic E-state index is 0.112. The number of nitrogens with zero attached hydrogens (tertiary/aromatic N) is 2. The van der Waals surface area contributed by atoms with Gasteiger partial charge in [0.15, 0.2) is 0 Å². The second kappa shape index (κ2) is 6.19. The summed E-state index contributed by atoms with van der Waals surface area (Å²) < 4.78 is 0. The lowest BCUT2D eigenvalue weighted by molar-refractivity contribution is -0.147. The SMILES string of the molecule is O=C(CN1C(=O)[C@@H]2[C@H](C1=O)[C@H]1C=C[C@H]2C1)N1CC=C(c2ccccc2)CC1. The summed E-state index contributed by atoms with van der Waals surface area (Å²) in [6, 6.07) is 10.2. The van der Waals surface area contributed by atoms with Gasteiger partial charge in [-0.1, -0.05) is 48.6 Å². The highest BCUT2D eigenvalue weighted by molar-refractivity contribution is 6.08. The number of carbonyl (C=O) groups excluding carboxylic acids is 3. The van der Waals surface area contributed by atoms with Crippen LogP contribution in [0.1, 0.15) is 18.4 Å². The molecule has 0 unspecified atom stereocenters. The Morgan fingerprint density at radius 2 is 1.67 bits per heavy atom. The summed E-state index contributed by atoms with van der Waals surface area (Å²) in [7, 11) is 0. The van der Waals surface area contributed by atoms with Gasteiger partial charge in [0, 0.05) is 13.1 Å². The molecule has 4 atom stereocenters. The van der Waals surface area contributed by atoms with Crippen molar-refractivity contribution in [1.29, 1.82) is 0 Å². The number of amides is 3. The summed E-state index contributed by atoms with van der Waals surface area (Å²) in [6.07, 6.45) is 7.92. The van der Waals surface area contributed by atoms with Crippen LogP contribution in [0, 0.1) is 23.7 Å². The van der Waals surface area contributed by atoms with E-state index >= 15 is 0 Å². The first kappa shape index (κ1) is 16.5. The third-order valence-corrected chi connectivity index (χ3v) is 6.56. The second-order valence-corrected chi connectivity index (χ2v) is 7.95. The first-order valence-electron chi connectivity index (χ1n) is 9.69. The number of fused-ring (bicyclic) bond motifs is 5. The van der Waals surface area contributed by atoms with Crippen molar-refractivity contribution in [3.8, 4) is 0 Å². The van der Waals surface area contributed by atoms with Crippen LogP contribution in [-0.2, 0) is 14.4 Å². The van der Waals surface area contributed by atoms with Crippen LogP contribution in [0.4, 0.5) is 0 Å². The fourth-order valence-electron chi connectivity index (χ4n) is 5.17. The van der Waals surface area contributed by atoms with E-state index in [2.05, 4.69) is 30.4 Å². The fraction of sp³-hybridized carbons (Fsp3) is 0.409. The monoisotopic (exact) mass is 362 g/mol. The number of benzene rings is 1. The topological polar surface area (TPSA) is 57.7 Å². The lowest BCUT2D eigenvalue weighted by Gasteiger charge is -2.28. The maximum absolute atomic E-state index is 12.7. The van der Waals surface area contributed by atoms with Crippen LogP contribution >= 0.6 is 0 Å². The molecule has 5 heteroatoms. The van der Waals surface area contributed by atoms with E-state index in [9.17, 15) is 14.4 Å². The van der Waals surface area contributed by atoms with Gasteiger partial charge >= 0.3 is 0 Å². The van der Waals surface area contributed by atoms with Gasteiger partial charge in [-0.2, -0.15) is 0 Å². The Hall–Kier alpha value is -2.69. The van der Waals surface area contributed by atoms with Crippen molar-refractivity contribution in [3.63, 3.8) is 0 Å². The number of likely N-dealkylation sites (tertiary alicyclic amines) is 1. The van der Waals surface area contributed by atoms with Gasteiger partial charge in [0.25, 0.3) is 0 Å². The van der Waals surface area contributed by atoms with Crippen molar-refractivity contribution < 1.29 is 14.4 Å². The Balaban J connectivity index is 1.25. The van der Waals surface area contributed by atoms with Crippen molar-refractivity contribution in [3.05, 3.63) is 54.1 Å². The molecule has 27 heavy (non-hydrogen) atoms. The number of hydrogen-bond donors (Lipinski definition) is 0. The van der Waals surface area contributed by atoms with Crippen molar-refractivity contribution in [2.45, 2.75) is 12.8 Å². The molecule has 0 N–H and O–H groups in total. The highest BCUT2D eigenvalue weighted by Gasteiger charge is 2.59. The summed E-state index contributed by atoms with van der Waals surface area (Å²) in [4.78, 5) is 41.2. The summed E-state index contributed by atoms with van der Waals surface area (Å²) in [5, 5.41) is 0. The Kier molecular flexibility index (Phi) is 3.78. The Morgan fingerprint density at radius 3 is 2.26 bits per heavy atom. The first-order valence-corrected chi connectivity index (χ1v) is 9.69. The fourth-order valence-corrected chi connectivity index (χ4v) is 5.17. The van der Waals surface area contributed by atoms with Crippen LogP contribution in [-0.4, -0.2) is 47.2 Å². The second-order valence-electron chi connectivity index (χ2n) is 7.95. The third-order valence-electron chi connectivity index (χ3n) is 6.56. The minimum atomic E-state index is -0.230. The number of rotatable bonds is 3. The average molecular weight is 362 g/mol.